The fourth-order valence-corrected chi connectivity index (χ4v) is 4.05. The number of nitrogens with zero attached hydrogens (tertiary/aromatic N) is 2. The van der Waals surface area contributed by atoms with Crippen LogP contribution >= 0.6 is 0 Å². The van der Waals surface area contributed by atoms with E-state index in [4.69, 9.17) is 4.84 Å². The molecule has 0 radical (unpaired) electrons. The molecule has 0 bridgehead atoms. The van der Waals surface area contributed by atoms with Crippen molar-refractivity contribution in [3.63, 3.8) is 0 Å². The zero-order valence-electron chi connectivity index (χ0n) is 18.5. The van der Waals surface area contributed by atoms with Crippen LogP contribution in [0.2, 0.25) is 0 Å². The monoisotopic (exact) mass is 439 g/mol. The topological polar surface area (TPSA) is 111 Å². The molecular formula is C24H29N3O5. The van der Waals surface area contributed by atoms with Gasteiger partial charge in [-0.1, -0.05) is 35.5 Å². The maximum Gasteiger partial charge on any atom is 0.254 e. The molecule has 0 saturated carbocycles. The number of rotatable bonds is 7. The van der Waals surface area contributed by atoms with Crippen molar-refractivity contribution >= 4 is 17.5 Å². The zero-order chi connectivity index (χ0) is 23.3. The number of hydrogen-bond acceptors (Lipinski definition) is 6. The van der Waals surface area contributed by atoms with Gasteiger partial charge in [0.25, 0.3) is 5.91 Å². The Bertz CT molecular complexity index is 979. The van der Waals surface area contributed by atoms with Crippen molar-refractivity contribution in [2.75, 3.05) is 26.9 Å². The lowest BCUT2D eigenvalue weighted by Gasteiger charge is -2.25. The first kappa shape index (κ1) is 23.4. The Balaban J connectivity index is 1.86. The maximum atomic E-state index is 13.3. The van der Waals surface area contributed by atoms with Gasteiger partial charge in [0.1, 0.15) is 7.11 Å². The second-order valence-corrected chi connectivity index (χ2v) is 7.83. The van der Waals surface area contributed by atoms with Crippen LogP contribution in [-0.4, -0.2) is 71.6 Å². The fraction of sp³-hybridized carbons (Fsp3) is 0.375. The Labute approximate surface area is 187 Å². The molecule has 3 N–H and O–H groups in total. The molecule has 0 aliphatic carbocycles. The van der Waals surface area contributed by atoms with E-state index in [2.05, 4.69) is 36.5 Å². The lowest BCUT2D eigenvalue weighted by molar-refractivity contribution is -0.124. The minimum Gasteiger partial charge on any atom is -0.399 e. The molecule has 2 aromatic carbocycles. The second kappa shape index (κ2) is 10.4. The number of oxime groups is 1. The summed E-state index contributed by atoms with van der Waals surface area (Å²) in [6, 6.07) is 11.7. The van der Waals surface area contributed by atoms with Gasteiger partial charge in [-0.05, 0) is 48.2 Å². The second-order valence-electron chi connectivity index (χ2n) is 7.83. The van der Waals surface area contributed by atoms with Gasteiger partial charge in [-0.25, -0.2) is 0 Å². The van der Waals surface area contributed by atoms with Crippen LogP contribution in [0.25, 0.3) is 11.1 Å². The van der Waals surface area contributed by atoms with Crippen LogP contribution in [0, 0.1) is 13.8 Å². The van der Waals surface area contributed by atoms with Crippen molar-refractivity contribution in [2.24, 2.45) is 5.16 Å². The van der Waals surface area contributed by atoms with E-state index in [0.717, 1.165) is 22.3 Å². The van der Waals surface area contributed by atoms with Gasteiger partial charge in [0, 0.05) is 18.5 Å². The molecule has 1 heterocycles. The molecule has 1 aliphatic heterocycles. The average Bonchev–Trinajstić information content (AvgIpc) is 3.21. The number of aliphatic hydroxyl groups excluding tert-OH is 2. The highest BCUT2D eigenvalue weighted by molar-refractivity contribution is 6.13. The number of likely N-dealkylation sites (tertiary alicyclic amines) is 1. The first-order chi connectivity index (χ1) is 15.4. The third-order valence-corrected chi connectivity index (χ3v) is 5.64. The van der Waals surface area contributed by atoms with E-state index in [1.54, 1.807) is 12.1 Å². The molecule has 1 atom stereocenters. The summed E-state index contributed by atoms with van der Waals surface area (Å²) in [5, 5.41) is 25.1. The summed E-state index contributed by atoms with van der Waals surface area (Å²) in [4.78, 5) is 32.4. The van der Waals surface area contributed by atoms with Crippen molar-refractivity contribution in [2.45, 2.75) is 32.4 Å². The number of aryl methyl sites for hydroxylation is 2. The van der Waals surface area contributed by atoms with E-state index in [0.29, 0.717) is 24.2 Å². The first-order valence-corrected chi connectivity index (χ1v) is 10.5. The molecule has 32 heavy (non-hydrogen) atoms. The van der Waals surface area contributed by atoms with Crippen molar-refractivity contribution < 1.29 is 24.6 Å². The van der Waals surface area contributed by atoms with E-state index in [1.165, 1.54) is 12.0 Å². The van der Waals surface area contributed by atoms with Gasteiger partial charge in [0.05, 0.1) is 25.0 Å². The Hall–Kier alpha value is -3.23. The summed E-state index contributed by atoms with van der Waals surface area (Å²) >= 11 is 0. The summed E-state index contributed by atoms with van der Waals surface area (Å²) in [6.45, 7) is 3.58. The molecule has 2 aromatic rings. The normalized spacial score (nSPS) is 17.1. The highest BCUT2D eigenvalue weighted by atomic mass is 16.6. The van der Waals surface area contributed by atoms with E-state index in [9.17, 15) is 19.8 Å². The van der Waals surface area contributed by atoms with Gasteiger partial charge >= 0.3 is 0 Å². The van der Waals surface area contributed by atoms with Crippen LogP contribution in [0.1, 0.15) is 27.9 Å². The minimum atomic E-state index is -0.971. The molecule has 2 amide bonds. The molecule has 170 valence electrons. The number of aliphatic hydroxyl groups is 2. The smallest absolute Gasteiger partial charge is 0.254 e. The van der Waals surface area contributed by atoms with Gasteiger partial charge in [-0.2, -0.15) is 0 Å². The van der Waals surface area contributed by atoms with Gasteiger partial charge in [0.2, 0.25) is 5.91 Å². The zero-order valence-corrected chi connectivity index (χ0v) is 18.5. The molecule has 8 heteroatoms. The molecule has 1 fully saturated rings. The predicted molar refractivity (Wildman–Crippen MR) is 121 cm³/mol. The van der Waals surface area contributed by atoms with Crippen LogP contribution in [0.4, 0.5) is 0 Å². The predicted octanol–water partition coefficient (Wildman–Crippen LogP) is 1.66. The number of nitrogens with one attached hydrogen (secondary N) is 1. The van der Waals surface area contributed by atoms with Gasteiger partial charge in [-0.3, -0.25) is 9.59 Å². The Kier molecular flexibility index (Phi) is 7.61. The Morgan fingerprint density at radius 3 is 2.31 bits per heavy atom. The average molecular weight is 440 g/mol. The molecule has 1 saturated heterocycles. The number of carbonyl (C=O) groups is 2. The van der Waals surface area contributed by atoms with E-state index >= 15 is 0 Å². The van der Waals surface area contributed by atoms with Crippen LogP contribution < -0.4 is 5.32 Å². The summed E-state index contributed by atoms with van der Waals surface area (Å²) in [7, 11) is 1.38. The maximum absolute atomic E-state index is 13.3. The highest BCUT2D eigenvalue weighted by Gasteiger charge is 2.40. The SMILES string of the molecule is CON=C1CCN(C(=O)c2ccc(-c3c(C)cccc3C)cc2)[C@@H]1C(=O)NC(CO)CO. The summed E-state index contributed by atoms with van der Waals surface area (Å²) < 4.78 is 0. The minimum absolute atomic E-state index is 0.302. The lowest BCUT2D eigenvalue weighted by Crippen LogP contribution is -2.53. The first-order valence-electron chi connectivity index (χ1n) is 10.5. The standard InChI is InChI=1S/C24H29N3O5/c1-15-5-4-6-16(2)21(15)17-7-9-18(10-8-17)24(31)27-12-11-20(26-32-3)22(27)23(30)25-19(13-28)14-29/h4-10,19,22,28-29H,11-14H2,1-3H3,(H,25,30)/t22-/m0/s1. The highest BCUT2D eigenvalue weighted by Crippen LogP contribution is 2.28. The lowest BCUT2D eigenvalue weighted by atomic mass is 9.95. The number of carbonyl (C=O) groups excluding carboxylic acids is 2. The Morgan fingerprint density at radius 1 is 1.12 bits per heavy atom. The van der Waals surface area contributed by atoms with Crippen LogP contribution in [0.5, 0.6) is 0 Å². The summed E-state index contributed by atoms with van der Waals surface area (Å²) in [5.74, 6) is -0.823. The van der Waals surface area contributed by atoms with Gasteiger partial charge in [0.15, 0.2) is 6.04 Å². The van der Waals surface area contributed by atoms with Crippen molar-refractivity contribution in [1.82, 2.24) is 10.2 Å². The third-order valence-electron chi connectivity index (χ3n) is 5.64. The molecular weight excluding hydrogens is 410 g/mol. The molecule has 3 rings (SSSR count). The Morgan fingerprint density at radius 2 is 1.75 bits per heavy atom. The molecule has 1 aliphatic rings. The fourth-order valence-electron chi connectivity index (χ4n) is 4.05. The quantitative estimate of drug-likeness (QED) is 0.568. The van der Waals surface area contributed by atoms with E-state index < -0.39 is 31.2 Å². The summed E-state index contributed by atoms with van der Waals surface area (Å²) in [6.07, 6.45) is 0.390. The largest absolute Gasteiger partial charge is 0.399 e. The number of amides is 2. The van der Waals surface area contributed by atoms with E-state index in [-0.39, 0.29) is 5.91 Å². The summed E-state index contributed by atoms with van der Waals surface area (Å²) in [5.41, 5.74) is 5.34. The van der Waals surface area contributed by atoms with Crippen molar-refractivity contribution in [1.29, 1.82) is 0 Å². The van der Waals surface area contributed by atoms with Gasteiger partial charge < -0.3 is 25.3 Å². The third kappa shape index (κ3) is 4.81. The molecule has 0 unspecified atom stereocenters. The number of benzene rings is 2. The van der Waals surface area contributed by atoms with Gasteiger partial charge in [-0.15, -0.1) is 0 Å². The van der Waals surface area contributed by atoms with Crippen molar-refractivity contribution in [3.8, 4) is 11.1 Å². The van der Waals surface area contributed by atoms with Crippen LogP contribution in [0.3, 0.4) is 0 Å². The molecule has 8 nitrogen and oxygen atoms in total. The van der Waals surface area contributed by atoms with Crippen LogP contribution in [-0.2, 0) is 9.63 Å². The number of hydrogen-bond donors (Lipinski definition) is 3. The molecule has 0 aromatic heterocycles. The van der Waals surface area contributed by atoms with E-state index in [1.807, 2.05) is 18.2 Å². The van der Waals surface area contributed by atoms with Crippen LogP contribution in [0.15, 0.2) is 47.6 Å². The van der Waals surface area contributed by atoms with Crippen molar-refractivity contribution in [3.05, 3.63) is 59.2 Å². The molecule has 0 spiro atoms.